The molecule has 2 heterocycles. The predicted octanol–water partition coefficient (Wildman–Crippen LogP) is 4.63. The molecule has 1 N–H and O–H groups in total. The summed E-state index contributed by atoms with van der Waals surface area (Å²) >= 11 is 0. The van der Waals surface area contributed by atoms with Gasteiger partial charge in [0.1, 0.15) is 5.52 Å². The maximum atomic E-state index is 13.7. The molecule has 0 spiro atoms. The molecule has 1 aliphatic heterocycles. The van der Waals surface area contributed by atoms with Crippen LogP contribution >= 0.6 is 0 Å². The maximum absolute atomic E-state index is 13.7. The summed E-state index contributed by atoms with van der Waals surface area (Å²) < 4.78 is 5.87. The van der Waals surface area contributed by atoms with Gasteiger partial charge in [-0.25, -0.2) is 0 Å². The van der Waals surface area contributed by atoms with Gasteiger partial charge in [-0.2, -0.15) is 0 Å². The van der Waals surface area contributed by atoms with E-state index in [-0.39, 0.29) is 11.3 Å². The standard InChI is InChI=1S/C28H25N3O4/c1-15-10-16(2)14-31(13-15)22-12-21(29-18-7-5-6-17(11-18)28(33)34)23-24-25(22)30-35-27(24)20-9-4-3-8-19(20)26(23)32/h3-9,11-12,15-16,29H,10,13-14H2,1-2H3,(H,33,34)/p-1. The lowest BCUT2D eigenvalue weighted by atomic mass is 9.85. The molecule has 2 atom stereocenters. The number of benzene rings is 3. The smallest absolute Gasteiger partial charge is 0.196 e. The first kappa shape index (κ1) is 21.4. The van der Waals surface area contributed by atoms with Gasteiger partial charge in [0.25, 0.3) is 0 Å². The molecule has 1 aromatic heterocycles. The van der Waals surface area contributed by atoms with Crippen LogP contribution in [0, 0.1) is 11.8 Å². The van der Waals surface area contributed by atoms with E-state index in [1.54, 1.807) is 18.2 Å². The molecule has 176 valence electrons. The van der Waals surface area contributed by atoms with Crippen molar-refractivity contribution in [3.63, 3.8) is 0 Å². The minimum atomic E-state index is -1.26. The lowest BCUT2D eigenvalue weighted by Crippen LogP contribution is -2.39. The molecule has 0 saturated carbocycles. The van der Waals surface area contributed by atoms with Crippen molar-refractivity contribution in [1.82, 2.24) is 5.16 Å². The number of piperidine rings is 1. The lowest BCUT2D eigenvalue weighted by molar-refractivity contribution is -0.255. The predicted molar refractivity (Wildman–Crippen MR) is 132 cm³/mol. The fourth-order valence-electron chi connectivity index (χ4n) is 5.62. The SMILES string of the molecule is CC1CC(C)CN(c2cc(Nc3cccc(C(=O)[O-])c3)c3c4c(onc24)-c2ccccc2C3=O)C1. The second kappa shape index (κ2) is 7.98. The molecule has 1 fully saturated rings. The van der Waals surface area contributed by atoms with Gasteiger partial charge < -0.3 is 24.6 Å². The van der Waals surface area contributed by atoms with Crippen LogP contribution in [-0.2, 0) is 0 Å². The summed E-state index contributed by atoms with van der Waals surface area (Å²) in [6.45, 7) is 6.25. The number of carbonyl (C=O) groups excluding carboxylic acids is 2. The third-order valence-corrected chi connectivity index (χ3v) is 6.97. The molecule has 0 bridgehead atoms. The van der Waals surface area contributed by atoms with E-state index >= 15 is 0 Å². The van der Waals surface area contributed by atoms with Gasteiger partial charge in [-0.1, -0.05) is 55.4 Å². The van der Waals surface area contributed by atoms with Crippen molar-refractivity contribution < 1.29 is 19.2 Å². The van der Waals surface area contributed by atoms with Crippen LogP contribution in [0.1, 0.15) is 46.5 Å². The van der Waals surface area contributed by atoms with Crippen molar-refractivity contribution >= 4 is 39.7 Å². The Balaban J connectivity index is 1.58. The second-order valence-corrected chi connectivity index (χ2v) is 9.77. The first-order valence-corrected chi connectivity index (χ1v) is 11.8. The van der Waals surface area contributed by atoms with Crippen molar-refractivity contribution in [3.05, 3.63) is 71.3 Å². The van der Waals surface area contributed by atoms with E-state index < -0.39 is 5.97 Å². The molecule has 1 saturated heterocycles. The van der Waals surface area contributed by atoms with Gasteiger partial charge in [0, 0.05) is 29.9 Å². The van der Waals surface area contributed by atoms with Crippen LogP contribution in [0.4, 0.5) is 17.1 Å². The molecule has 7 heteroatoms. The number of rotatable bonds is 4. The minimum Gasteiger partial charge on any atom is -0.545 e. The minimum absolute atomic E-state index is 0.0611. The summed E-state index contributed by atoms with van der Waals surface area (Å²) in [5, 5.41) is 19.9. The highest BCUT2D eigenvalue weighted by Gasteiger charge is 2.34. The first-order chi connectivity index (χ1) is 16.9. The fraction of sp³-hybridized carbons (Fsp3) is 0.250. The van der Waals surface area contributed by atoms with Crippen molar-refractivity contribution in [2.24, 2.45) is 11.8 Å². The number of carboxylic acids is 1. The number of ketones is 1. The summed E-state index contributed by atoms with van der Waals surface area (Å²) in [5.74, 6) is 0.245. The third-order valence-electron chi connectivity index (χ3n) is 6.97. The monoisotopic (exact) mass is 466 g/mol. The normalized spacial score (nSPS) is 19.0. The first-order valence-electron chi connectivity index (χ1n) is 11.8. The van der Waals surface area contributed by atoms with E-state index in [4.69, 9.17) is 4.52 Å². The Hall–Kier alpha value is -4.13. The van der Waals surface area contributed by atoms with Crippen molar-refractivity contribution in [2.45, 2.75) is 20.3 Å². The highest BCUT2D eigenvalue weighted by atomic mass is 16.5. The van der Waals surface area contributed by atoms with Crippen LogP contribution < -0.4 is 15.3 Å². The summed E-state index contributed by atoms with van der Waals surface area (Å²) in [5.41, 5.74) is 4.56. The molecule has 4 aromatic rings. The number of hydrogen-bond donors (Lipinski definition) is 1. The van der Waals surface area contributed by atoms with Gasteiger partial charge in [0.15, 0.2) is 11.5 Å². The molecular weight excluding hydrogens is 442 g/mol. The van der Waals surface area contributed by atoms with Gasteiger partial charge in [0.2, 0.25) is 0 Å². The number of hydrogen-bond acceptors (Lipinski definition) is 7. The molecule has 6 rings (SSSR count). The largest absolute Gasteiger partial charge is 0.545 e. The van der Waals surface area contributed by atoms with Gasteiger partial charge in [0.05, 0.1) is 28.3 Å². The van der Waals surface area contributed by atoms with E-state index in [1.807, 2.05) is 24.3 Å². The number of carboxylic acid groups (broad SMARTS) is 1. The molecule has 2 aliphatic rings. The van der Waals surface area contributed by atoms with Crippen LogP contribution in [0.25, 0.3) is 22.2 Å². The van der Waals surface area contributed by atoms with Crippen molar-refractivity contribution in [1.29, 1.82) is 0 Å². The number of carbonyl (C=O) groups is 2. The zero-order chi connectivity index (χ0) is 24.3. The van der Waals surface area contributed by atoms with Crippen LogP contribution in [0.3, 0.4) is 0 Å². The molecule has 0 amide bonds. The van der Waals surface area contributed by atoms with E-state index in [2.05, 4.69) is 29.2 Å². The zero-order valence-corrected chi connectivity index (χ0v) is 19.5. The quantitative estimate of drug-likeness (QED) is 0.412. The highest BCUT2D eigenvalue weighted by molar-refractivity contribution is 6.28. The summed E-state index contributed by atoms with van der Waals surface area (Å²) in [6.07, 6.45) is 1.16. The van der Waals surface area contributed by atoms with E-state index in [1.165, 1.54) is 12.1 Å². The van der Waals surface area contributed by atoms with Crippen molar-refractivity contribution in [2.75, 3.05) is 23.3 Å². The molecule has 2 unspecified atom stereocenters. The Kier molecular flexibility index (Phi) is 4.88. The number of aromatic nitrogens is 1. The highest BCUT2D eigenvalue weighted by Crippen LogP contribution is 2.47. The number of anilines is 3. The Morgan fingerprint density at radius 1 is 1.06 bits per heavy atom. The second-order valence-electron chi connectivity index (χ2n) is 9.77. The Labute approximate surface area is 202 Å². The average molecular weight is 467 g/mol. The average Bonchev–Trinajstić information content (AvgIpc) is 3.27. The number of nitrogens with zero attached hydrogens (tertiary/aromatic N) is 2. The van der Waals surface area contributed by atoms with Crippen LogP contribution in [0.5, 0.6) is 0 Å². The summed E-state index contributed by atoms with van der Waals surface area (Å²) in [4.78, 5) is 27.5. The molecule has 1 aliphatic carbocycles. The fourth-order valence-corrected chi connectivity index (χ4v) is 5.62. The Morgan fingerprint density at radius 2 is 1.80 bits per heavy atom. The number of fused-ring (bicyclic) bond motifs is 2. The molecule has 7 nitrogen and oxygen atoms in total. The van der Waals surface area contributed by atoms with Gasteiger partial charge in [-0.15, -0.1) is 0 Å². The van der Waals surface area contributed by atoms with E-state index in [0.717, 1.165) is 30.8 Å². The molecule has 35 heavy (non-hydrogen) atoms. The van der Waals surface area contributed by atoms with Crippen LogP contribution in [0.15, 0.2) is 59.1 Å². The summed E-state index contributed by atoms with van der Waals surface area (Å²) in [7, 11) is 0. The van der Waals surface area contributed by atoms with Gasteiger partial charge >= 0.3 is 0 Å². The number of nitrogens with one attached hydrogen (secondary N) is 1. The zero-order valence-electron chi connectivity index (χ0n) is 19.5. The summed E-state index contributed by atoms with van der Waals surface area (Å²) in [6, 6.07) is 15.7. The van der Waals surface area contributed by atoms with E-state index in [0.29, 0.717) is 51.0 Å². The number of aromatic carboxylic acids is 1. The topological polar surface area (TPSA) is 98.5 Å². The van der Waals surface area contributed by atoms with Gasteiger partial charge in [-0.05, 0) is 42.0 Å². The third kappa shape index (κ3) is 3.46. The molecule has 3 aromatic carbocycles. The lowest BCUT2D eigenvalue weighted by Gasteiger charge is -2.37. The Morgan fingerprint density at radius 3 is 2.54 bits per heavy atom. The van der Waals surface area contributed by atoms with E-state index in [9.17, 15) is 14.7 Å². The molecule has 0 radical (unpaired) electrons. The maximum Gasteiger partial charge on any atom is 0.196 e. The van der Waals surface area contributed by atoms with Crippen LogP contribution in [-0.4, -0.2) is 30.0 Å². The van der Waals surface area contributed by atoms with Crippen molar-refractivity contribution in [3.8, 4) is 11.3 Å². The Bertz CT molecular complexity index is 1500. The van der Waals surface area contributed by atoms with Crippen LogP contribution in [0.2, 0.25) is 0 Å². The molecular formula is C28H24N3O4-. The van der Waals surface area contributed by atoms with Gasteiger partial charge in [-0.3, -0.25) is 4.79 Å².